The summed E-state index contributed by atoms with van der Waals surface area (Å²) in [5.74, 6) is 0.580. The average molecular weight is 450 g/mol. The molecule has 4 rings (SSSR count). The Balaban J connectivity index is 1.41. The van der Waals surface area contributed by atoms with Crippen molar-refractivity contribution in [3.63, 3.8) is 0 Å². The number of carbonyl (C=O) groups is 1. The van der Waals surface area contributed by atoms with Crippen molar-refractivity contribution in [1.29, 1.82) is 0 Å². The molecule has 1 N–H and O–H groups in total. The first-order chi connectivity index (χ1) is 15.5. The van der Waals surface area contributed by atoms with Crippen LogP contribution in [-0.2, 0) is 6.54 Å². The van der Waals surface area contributed by atoms with E-state index in [0.717, 1.165) is 34.9 Å². The van der Waals surface area contributed by atoms with Gasteiger partial charge < -0.3 is 15.0 Å². The third kappa shape index (κ3) is 4.45. The predicted molar refractivity (Wildman–Crippen MR) is 130 cm³/mol. The molecule has 0 aliphatic carbocycles. The Bertz CT molecular complexity index is 1240. The number of aryl methyl sites for hydroxylation is 2. The van der Waals surface area contributed by atoms with Crippen molar-refractivity contribution < 1.29 is 9.53 Å². The molecule has 0 unspecified atom stereocenters. The third-order valence-electron chi connectivity index (χ3n) is 5.35. The molecule has 0 aliphatic heterocycles. The lowest BCUT2D eigenvalue weighted by atomic mass is 10.1. The Morgan fingerprint density at radius 3 is 2.84 bits per heavy atom. The van der Waals surface area contributed by atoms with Gasteiger partial charge in [-0.05, 0) is 43.2 Å². The topological polar surface area (TPSA) is 72.3 Å². The van der Waals surface area contributed by atoms with E-state index in [-0.39, 0.29) is 5.91 Å². The van der Waals surface area contributed by atoms with Crippen LogP contribution >= 0.6 is 11.3 Å². The number of aromatic nitrogens is 3. The highest BCUT2D eigenvalue weighted by Gasteiger charge is 2.15. The number of nitrogens with one attached hydrogen (secondary N) is 1. The Morgan fingerprint density at radius 1 is 1.25 bits per heavy atom. The van der Waals surface area contributed by atoms with Crippen molar-refractivity contribution >= 4 is 33.3 Å². The number of anilines is 1. The zero-order valence-electron chi connectivity index (χ0n) is 18.8. The number of hydrogen-bond acceptors (Lipinski definition) is 6. The highest BCUT2D eigenvalue weighted by molar-refractivity contribution is 7.14. The summed E-state index contributed by atoms with van der Waals surface area (Å²) in [6, 6.07) is 11.6. The number of benzene rings is 2. The molecule has 0 aliphatic rings. The fourth-order valence-electron chi connectivity index (χ4n) is 3.60. The number of fused-ring (bicyclic) bond motifs is 1. The summed E-state index contributed by atoms with van der Waals surface area (Å²) in [6.07, 6.45) is 2.69. The van der Waals surface area contributed by atoms with E-state index in [9.17, 15) is 4.79 Å². The zero-order chi connectivity index (χ0) is 22.7. The monoisotopic (exact) mass is 449 g/mol. The molecule has 4 aromatic rings. The minimum absolute atomic E-state index is 0.113. The van der Waals surface area contributed by atoms with Gasteiger partial charge in [0.05, 0.1) is 24.5 Å². The van der Waals surface area contributed by atoms with Crippen LogP contribution in [0.15, 0.2) is 48.0 Å². The number of nitrogens with zero attached hydrogens (tertiary/aromatic N) is 4. The van der Waals surface area contributed by atoms with Gasteiger partial charge in [-0.2, -0.15) is 5.10 Å². The van der Waals surface area contributed by atoms with E-state index in [1.165, 1.54) is 10.9 Å². The molecule has 2 aromatic carbocycles. The number of methoxy groups -OCH3 is 1. The summed E-state index contributed by atoms with van der Waals surface area (Å²) >= 11 is 1.55. The second-order valence-corrected chi connectivity index (χ2v) is 8.65. The Labute approximate surface area is 191 Å². The van der Waals surface area contributed by atoms with E-state index < -0.39 is 0 Å². The lowest BCUT2D eigenvalue weighted by molar-refractivity contribution is 0.0952. The quantitative estimate of drug-likeness (QED) is 0.405. The van der Waals surface area contributed by atoms with Crippen LogP contribution in [-0.4, -0.2) is 48.4 Å². The van der Waals surface area contributed by atoms with E-state index in [0.29, 0.717) is 17.9 Å². The molecule has 0 saturated heterocycles. The van der Waals surface area contributed by atoms with Crippen molar-refractivity contribution in [3.8, 4) is 17.0 Å². The summed E-state index contributed by atoms with van der Waals surface area (Å²) in [4.78, 5) is 19.4. The summed E-state index contributed by atoms with van der Waals surface area (Å²) in [5, 5.41) is 11.6. The van der Waals surface area contributed by atoms with E-state index in [1.807, 2.05) is 53.5 Å². The molecule has 0 fully saturated rings. The highest BCUT2D eigenvalue weighted by atomic mass is 32.1. The molecule has 32 heavy (non-hydrogen) atoms. The van der Waals surface area contributed by atoms with E-state index >= 15 is 0 Å². The fourth-order valence-corrected chi connectivity index (χ4v) is 4.36. The molecule has 0 saturated carbocycles. The van der Waals surface area contributed by atoms with Crippen LogP contribution in [0.4, 0.5) is 5.13 Å². The highest BCUT2D eigenvalue weighted by Crippen LogP contribution is 2.33. The van der Waals surface area contributed by atoms with Gasteiger partial charge in [-0.15, -0.1) is 11.3 Å². The number of hydrogen-bond donors (Lipinski definition) is 1. The van der Waals surface area contributed by atoms with Crippen LogP contribution < -0.4 is 15.0 Å². The molecule has 2 heterocycles. The third-order valence-corrected chi connectivity index (χ3v) is 6.36. The summed E-state index contributed by atoms with van der Waals surface area (Å²) in [7, 11) is 5.53. The molecule has 0 atom stereocenters. The average Bonchev–Trinajstić information content (AvgIpc) is 3.45. The Kier molecular flexibility index (Phi) is 6.41. The first-order valence-electron chi connectivity index (χ1n) is 10.5. The predicted octanol–water partition coefficient (Wildman–Crippen LogP) is 4.36. The van der Waals surface area contributed by atoms with Crippen LogP contribution in [0.5, 0.6) is 5.75 Å². The van der Waals surface area contributed by atoms with Gasteiger partial charge in [-0.25, -0.2) is 4.98 Å². The van der Waals surface area contributed by atoms with Crippen molar-refractivity contribution in [2.75, 3.05) is 32.6 Å². The smallest absolute Gasteiger partial charge is 0.251 e. The molecular formula is C24H27N5O2S. The molecule has 8 heteroatoms. The Morgan fingerprint density at radius 2 is 2.09 bits per heavy atom. The summed E-state index contributed by atoms with van der Waals surface area (Å²) in [5.41, 5.74) is 4.53. The van der Waals surface area contributed by atoms with Crippen LogP contribution in [0.1, 0.15) is 22.3 Å². The molecular weight excluding hydrogens is 422 g/mol. The van der Waals surface area contributed by atoms with Gasteiger partial charge >= 0.3 is 0 Å². The van der Waals surface area contributed by atoms with Crippen LogP contribution in [0, 0.1) is 6.92 Å². The molecule has 0 radical (unpaired) electrons. The molecule has 166 valence electrons. The first kappa shape index (κ1) is 21.8. The fraction of sp³-hybridized carbons (Fsp3) is 0.292. The maximum atomic E-state index is 12.8. The lowest BCUT2D eigenvalue weighted by Gasteiger charge is -2.11. The second kappa shape index (κ2) is 9.40. The van der Waals surface area contributed by atoms with Crippen LogP contribution in [0.2, 0.25) is 0 Å². The lowest BCUT2D eigenvalue weighted by Crippen LogP contribution is -2.25. The largest absolute Gasteiger partial charge is 0.496 e. The van der Waals surface area contributed by atoms with Gasteiger partial charge in [-0.1, -0.05) is 12.1 Å². The van der Waals surface area contributed by atoms with Gasteiger partial charge in [0.25, 0.3) is 5.91 Å². The number of amides is 1. The van der Waals surface area contributed by atoms with Crippen molar-refractivity contribution in [2.45, 2.75) is 19.9 Å². The van der Waals surface area contributed by atoms with Crippen molar-refractivity contribution in [1.82, 2.24) is 20.1 Å². The van der Waals surface area contributed by atoms with Crippen LogP contribution in [0.25, 0.3) is 22.2 Å². The molecule has 2 aromatic heterocycles. The number of carbonyl (C=O) groups excluding carboxylic acids is 1. The number of ether oxygens (including phenoxy) is 1. The molecule has 0 bridgehead atoms. The Hall–Kier alpha value is -3.39. The number of thiazole rings is 1. The molecule has 7 nitrogen and oxygen atoms in total. The normalized spacial score (nSPS) is 11.0. The van der Waals surface area contributed by atoms with Gasteiger partial charge in [0.2, 0.25) is 0 Å². The molecule has 0 spiro atoms. The zero-order valence-corrected chi connectivity index (χ0v) is 19.6. The van der Waals surface area contributed by atoms with Crippen molar-refractivity contribution in [3.05, 3.63) is 59.1 Å². The van der Waals surface area contributed by atoms with Gasteiger partial charge in [0.1, 0.15) is 5.75 Å². The second-order valence-electron chi connectivity index (χ2n) is 7.81. The SMILES string of the molecule is COc1ccc(C(=O)NCCCn2ncc3c(C)cccc32)cc1-c1csc(N(C)C)n1. The van der Waals surface area contributed by atoms with E-state index in [4.69, 9.17) is 4.74 Å². The molecule has 1 amide bonds. The van der Waals surface area contributed by atoms with Crippen molar-refractivity contribution in [2.24, 2.45) is 0 Å². The van der Waals surface area contributed by atoms with Gasteiger partial charge in [-0.3, -0.25) is 9.48 Å². The maximum absolute atomic E-state index is 12.8. The van der Waals surface area contributed by atoms with E-state index in [2.05, 4.69) is 34.5 Å². The summed E-state index contributed by atoms with van der Waals surface area (Å²) < 4.78 is 7.49. The minimum Gasteiger partial charge on any atom is -0.496 e. The summed E-state index contributed by atoms with van der Waals surface area (Å²) in [6.45, 7) is 3.40. The maximum Gasteiger partial charge on any atom is 0.251 e. The van der Waals surface area contributed by atoms with E-state index in [1.54, 1.807) is 24.5 Å². The minimum atomic E-state index is -0.113. The number of rotatable bonds is 8. The van der Waals surface area contributed by atoms with Crippen LogP contribution in [0.3, 0.4) is 0 Å². The first-order valence-corrected chi connectivity index (χ1v) is 11.4. The standard InChI is InChI=1S/C24H27N5O2S/c1-16-7-5-8-21-19(16)14-26-29(21)12-6-11-25-23(30)17-9-10-22(31-4)18(13-17)20-15-32-24(27-20)28(2)3/h5,7-10,13-15H,6,11-12H2,1-4H3,(H,25,30). The van der Waals surface area contributed by atoms with Gasteiger partial charge in [0.15, 0.2) is 5.13 Å². The van der Waals surface area contributed by atoms with Gasteiger partial charge in [0, 0.05) is 49.1 Å².